The van der Waals surface area contributed by atoms with Crippen molar-refractivity contribution in [3.05, 3.63) is 0 Å². The molecule has 1 rings (SSSR count). The quantitative estimate of drug-likeness (QED) is 0.692. The van der Waals surface area contributed by atoms with Gasteiger partial charge in [0.1, 0.15) is 0 Å². The van der Waals surface area contributed by atoms with Crippen molar-refractivity contribution in [1.29, 1.82) is 0 Å². The summed E-state index contributed by atoms with van der Waals surface area (Å²) in [6, 6.07) is 0.663. The Kier molecular flexibility index (Phi) is 4.02. The molecule has 0 spiro atoms. The number of nitrogens with two attached hydrogens (primary N) is 1. The van der Waals surface area contributed by atoms with Crippen LogP contribution in [0.4, 0.5) is 0 Å². The minimum atomic E-state index is 0.663. The minimum absolute atomic E-state index is 0.663. The van der Waals surface area contributed by atoms with Crippen molar-refractivity contribution in [3.63, 3.8) is 0 Å². The van der Waals surface area contributed by atoms with Crippen molar-refractivity contribution in [2.24, 2.45) is 11.7 Å². The maximum absolute atomic E-state index is 5.74. The van der Waals surface area contributed by atoms with Crippen molar-refractivity contribution in [3.8, 4) is 0 Å². The second kappa shape index (κ2) is 4.83. The van der Waals surface area contributed by atoms with Gasteiger partial charge < -0.3 is 5.73 Å². The Morgan fingerprint density at radius 2 is 2.25 bits per heavy atom. The average Bonchev–Trinajstić information content (AvgIpc) is 2.43. The standard InChI is InChI=1S/C10H22N2/c1-3-4-6-12-7-5-9(2)10(12)8-11/h9-10H,3-8,11H2,1-2H3. The second-order valence-corrected chi connectivity index (χ2v) is 3.96. The minimum Gasteiger partial charge on any atom is -0.329 e. The molecule has 2 N–H and O–H groups in total. The first kappa shape index (κ1) is 10.0. The van der Waals surface area contributed by atoms with Crippen LogP contribution in [0, 0.1) is 5.92 Å². The Bertz CT molecular complexity index is 125. The number of rotatable bonds is 4. The number of unbranched alkanes of at least 4 members (excludes halogenated alkanes) is 1. The summed E-state index contributed by atoms with van der Waals surface area (Å²) in [5, 5.41) is 0. The fraction of sp³-hybridized carbons (Fsp3) is 1.00. The molecule has 2 atom stereocenters. The van der Waals surface area contributed by atoms with Crippen LogP contribution in [0.25, 0.3) is 0 Å². The molecule has 0 radical (unpaired) electrons. The molecule has 0 aromatic rings. The van der Waals surface area contributed by atoms with E-state index in [2.05, 4.69) is 18.7 Å². The Hall–Kier alpha value is -0.0800. The highest BCUT2D eigenvalue weighted by molar-refractivity contribution is 4.84. The Morgan fingerprint density at radius 3 is 2.83 bits per heavy atom. The Balaban J connectivity index is 2.32. The number of hydrogen-bond acceptors (Lipinski definition) is 2. The normalized spacial score (nSPS) is 31.2. The smallest absolute Gasteiger partial charge is 0.0244 e. The van der Waals surface area contributed by atoms with E-state index >= 15 is 0 Å². The fourth-order valence-corrected chi connectivity index (χ4v) is 2.11. The molecule has 0 aliphatic carbocycles. The third-order valence-corrected chi connectivity index (χ3v) is 3.04. The van der Waals surface area contributed by atoms with Crippen molar-refractivity contribution in [2.75, 3.05) is 19.6 Å². The molecule has 1 aliphatic heterocycles. The van der Waals surface area contributed by atoms with Crippen LogP contribution >= 0.6 is 0 Å². The van der Waals surface area contributed by atoms with E-state index in [9.17, 15) is 0 Å². The van der Waals surface area contributed by atoms with Crippen molar-refractivity contribution in [2.45, 2.75) is 39.2 Å². The van der Waals surface area contributed by atoms with E-state index < -0.39 is 0 Å². The van der Waals surface area contributed by atoms with E-state index in [1.54, 1.807) is 0 Å². The maximum Gasteiger partial charge on any atom is 0.0244 e. The first-order valence-electron chi connectivity index (χ1n) is 5.23. The van der Waals surface area contributed by atoms with Crippen molar-refractivity contribution < 1.29 is 0 Å². The molecule has 12 heavy (non-hydrogen) atoms. The largest absolute Gasteiger partial charge is 0.329 e. The summed E-state index contributed by atoms with van der Waals surface area (Å²) in [6.45, 7) is 7.93. The number of likely N-dealkylation sites (tertiary alicyclic amines) is 1. The topological polar surface area (TPSA) is 29.3 Å². The third-order valence-electron chi connectivity index (χ3n) is 3.04. The van der Waals surface area contributed by atoms with Crippen LogP contribution in [0.5, 0.6) is 0 Å². The van der Waals surface area contributed by atoms with Gasteiger partial charge in [0.25, 0.3) is 0 Å². The van der Waals surface area contributed by atoms with Crippen molar-refractivity contribution >= 4 is 0 Å². The lowest BCUT2D eigenvalue weighted by molar-refractivity contribution is 0.233. The SMILES string of the molecule is CCCCN1CCC(C)C1CN. The van der Waals surface area contributed by atoms with Crippen molar-refractivity contribution in [1.82, 2.24) is 4.90 Å². The molecule has 0 aromatic carbocycles. The molecular weight excluding hydrogens is 148 g/mol. The van der Waals surface area contributed by atoms with Crippen LogP contribution in [0.2, 0.25) is 0 Å². The molecule has 72 valence electrons. The van der Waals surface area contributed by atoms with E-state index in [-0.39, 0.29) is 0 Å². The first-order valence-corrected chi connectivity index (χ1v) is 5.23. The van der Waals surface area contributed by atoms with Gasteiger partial charge in [0.2, 0.25) is 0 Å². The summed E-state index contributed by atoms with van der Waals surface area (Å²) in [6.07, 6.45) is 3.96. The highest BCUT2D eigenvalue weighted by Gasteiger charge is 2.28. The second-order valence-electron chi connectivity index (χ2n) is 3.96. The lowest BCUT2D eigenvalue weighted by Crippen LogP contribution is -2.38. The highest BCUT2D eigenvalue weighted by atomic mass is 15.2. The van der Waals surface area contributed by atoms with Crippen LogP contribution in [-0.2, 0) is 0 Å². The fourth-order valence-electron chi connectivity index (χ4n) is 2.11. The van der Waals surface area contributed by atoms with Gasteiger partial charge in [0, 0.05) is 12.6 Å². The Labute approximate surface area is 76.1 Å². The summed E-state index contributed by atoms with van der Waals surface area (Å²) in [4.78, 5) is 2.56. The third kappa shape index (κ3) is 2.20. The average molecular weight is 170 g/mol. The molecule has 0 bridgehead atoms. The van der Waals surface area contributed by atoms with E-state index in [1.165, 1.54) is 32.4 Å². The molecule has 0 amide bonds. The van der Waals surface area contributed by atoms with Crippen LogP contribution < -0.4 is 5.73 Å². The van der Waals surface area contributed by atoms with Gasteiger partial charge in [-0.15, -0.1) is 0 Å². The monoisotopic (exact) mass is 170 g/mol. The van der Waals surface area contributed by atoms with Gasteiger partial charge >= 0.3 is 0 Å². The molecule has 1 aliphatic rings. The number of nitrogens with zero attached hydrogens (tertiary/aromatic N) is 1. The van der Waals surface area contributed by atoms with Gasteiger partial charge in [0.15, 0.2) is 0 Å². The molecule has 0 aromatic heterocycles. The van der Waals surface area contributed by atoms with Gasteiger partial charge in [0.05, 0.1) is 0 Å². The van der Waals surface area contributed by atoms with E-state index in [4.69, 9.17) is 5.73 Å². The summed E-state index contributed by atoms with van der Waals surface area (Å²) in [7, 11) is 0. The number of hydrogen-bond donors (Lipinski definition) is 1. The predicted octanol–water partition coefficient (Wildman–Crippen LogP) is 1.46. The lowest BCUT2D eigenvalue weighted by atomic mass is 10.0. The lowest BCUT2D eigenvalue weighted by Gasteiger charge is -2.25. The van der Waals surface area contributed by atoms with Gasteiger partial charge in [-0.1, -0.05) is 20.3 Å². The molecule has 2 heteroatoms. The van der Waals surface area contributed by atoms with Gasteiger partial charge in [-0.05, 0) is 31.8 Å². The summed E-state index contributed by atoms with van der Waals surface area (Å²) in [5.41, 5.74) is 5.74. The molecule has 2 nitrogen and oxygen atoms in total. The van der Waals surface area contributed by atoms with Crippen LogP contribution in [-0.4, -0.2) is 30.6 Å². The molecule has 1 saturated heterocycles. The highest BCUT2D eigenvalue weighted by Crippen LogP contribution is 2.22. The van der Waals surface area contributed by atoms with E-state index in [0.29, 0.717) is 6.04 Å². The van der Waals surface area contributed by atoms with Gasteiger partial charge in [-0.2, -0.15) is 0 Å². The van der Waals surface area contributed by atoms with E-state index in [1.807, 2.05) is 0 Å². The van der Waals surface area contributed by atoms with Crippen LogP contribution in [0.1, 0.15) is 33.1 Å². The zero-order chi connectivity index (χ0) is 8.97. The van der Waals surface area contributed by atoms with Gasteiger partial charge in [-0.25, -0.2) is 0 Å². The maximum atomic E-state index is 5.74. The van der Waals surface area contributed by atoms with Crippen LogP contribution in [0.15, 0.2) is 0 Å². The molecule has 1 fully saturated rings. The zero-order valence-electron chi connectivity index (χ0n) is 8.42. The summed E-state index contributed by atoms with van der Waals surface area (Å²) < 4.78 is 0. The first-order chi connectivity index (χ1) is 5.79. The predicted molar refractivity (Wildman–Crippen MR) is 53.1 cm³/mol. The van der Waals surface area contributed by atoms with Gasteiger partial charge in [-0.3, -0.25) is 4.90 Å². The molecule has 1 heterocycles. The van der Waals surface area contributed by atoms with Crippen LogP contribution in [0.3, 0.4) is 0 Å². The van der Waals surface area contributed by atoms with E-state index in [0.717, 1.165) is 12.5 Å². The molecule has 2 unspecified atom stereocenters. The zero-order valence-corrected chi connectivity index (χ0v) is 8.42. The Morgan fingerprint density at radius 1 is 1.50 bits per heavy atom. The molecule has 0 saturated carbocycles. The summed E-state index contributed by atoms with van der Waals surface area (Å²) >= 11 is 0. The summed E-state index contributed by atoms with van der Waals surface area (Å²) in [5.74, 6) is 0.812. The molecular formula is C10H22N2.